The predicted molar refractivity (Wildman–Crippen MR) is 83.1 cm³/mol. The number of methoxy groups -OCH3 is 1. The Morgan fingerprint density at radius 3 is 3.00 bits per heavy atom. The van der Waals surface area contributed by atoms with E-state index >= 15 is 0 Å². The maximum Gasteiger partial charge on any atom is 0.340 e. The highest BCUT2D eigenvalue weighted by Crippen LogP contribution is 2.22. The van der Waals surface area contributed by atoms with Gasteiger partial charge in [0.2, 0.25) is 5.95 Å². The number of halogens is 1. The average molecular weight is 322 g/mol. The number of hydrogen-bond acceptors (Lipinski definition) is 6. The third kappa shape index (κ3) is 3.43. The van der Waals surface area contributed by atoms with Gasteiger partial charge in [-0.3, -0.25) is 4.90 Å². The largest absolute Gasteiger partial charge is 0.465 e. The van der Waals surface area contributed by atoms with Crippen LogP contribution in [0.1, 0.15) is 10.4 Å². The number of hydrogen-bond donors (Lipinski definition) is 2. The Labute approximate surface area is 132 Å². The molecule has 3 rings (SSSR count). The van der Waals surface area contributed by atoms with Crippen LogP contribution in [0.3, 0.4) is 0 Å². The highest BCUT2D eigenvalue weighted by atomic mass is 19.1. The number of aromatic nitrogens is 2. The number of aromatic amines is 1. The molecular weight excluding hydrogens is 303 g/mol. The van der Waals surface area contributed by atoms with Crippen LogP contribution in [0.2, 0.25) is 0 Å². The van der Waals surface area contributed by atoms with E-state index in [1.165, 1.54) is 19.2 Å². The zero-order valence-corrected chi connectivity index (χ0v) is 12.9. The van der Waals surface area contributed by atoms with Gasteiger partial charge >= 0.3 is 5.97 Å². The van der Waals surface area contributed by atoms with Crippen molar-refractivity contribution in [3.8, 4) is 0 Å². The molecule has 0 bridgehead atoms. The van der Waals surface area contributed by atoms with Crippen LogP contribution in [0.5, 0.6) is 0 Å². The number of benzene rings is 1. The molecule has 2 heterocycles. The summed E-state index contributed by atoms with van der Waals surface area (Å²) in [5.74, 6) is -0.577. The lowest BCUT2D eigenvalue weighted by Crippen LogP contribution is -2.39. The topological polar surface area (TPSA) is 79.5 Å². The number of carbonyl (C=O) groups is 1. The first-order valence-electron chi connectivity index (χ1n) is 7.49. The predicted octanol–water partition coefficient (Wildman–Crippen LogP) is 1.23. The number of morpholine rings is 1. The lowest BCUT2D eigenvalue weighted by Gasteiger charge is -2.26. The summed E-state index contributed by atoms with van der Waals surface area (Å²) in [6, 6.07) is 2.60. The Kier molecular flexibility index (Phi) is 4.73. The normalized spacial score (nSPS) is 15.7. The molecule has 0 aliphatic carbocycles. The van der Waals surface area contributed by atoms with E-state index in [0.717, 1.165) is 32.8 Å². The summed E-state index contributed by atoms with van der Waals surface area (Å²) in [5.41, 5.74) is 0.727. The quantitative estimate of drug-likeness (QED) is 0.806. The third-order valence-electron chi connectivity index (χ3n) is 3.83. The Morgan fingerprint density at radius 2 is 2.26 bits per heavy atom. The van der Waals surface area contributed by atoms with E-state index in [2.05, 4.69) is 20.2 Å². The van der Waals surface area contributed by atoms with Gasteiger partial charge in [-0.25, -0.2) is 14.2 Å². The number of nitrogens with zero attached hydrogens (tertiary/aromatic N) is 2. The van der Waals surface area contributed by atoms with Crippen LogP contribution in [0.4, 0.5) is 10.3 Å². The lowest BCUT2D eigenvalue weighted by molar-refractivity contribution is 0.0398. The molecule has 0 atom stereocenters. The van der Waals surface area contributed by atoms with Crippen LogP contribution >= 0.6 is 0 Å². The summed E-state index contributed by atoms with van der Waals surface area (Å²) in [5, 5.41) is 3.12. The number of H-pyrrole nitrogens is 1. The molecule has 0 spiro atoms. The van der Waals surface area contributed by atoms with E-state index in [-0.39, 0.29) is 11.1 Å². The van der Waals surface area contributed by atoms with Crippen molar-refractivity contribution in [2.45, 2.75) is 0 Å². The molecule has 1 aliphatic rings. The van der Waals surface area contributed by atoms with Crippen molar-refractivity contribution in [1.82, 2.24) is 14.9 Å². The van der Waals surface area contributed by atoms with E-state index in [9.17, 15) is 9.18 Å². The molecule has 2 N–H and O–H groups in total. The highest BCUT2D eigenvalue weighted by molar-refractivity contribution is 6.02. The molecule has 2 aromatic rings. The summed E-state index contributed by atoms with van der Waals surface area (Å²) in [6.07, 6.45) is 0. The maximum absolute atomic E-state index is 13.9. The Balaban J connectivity index is 1.71. The van der Waals surface area contributed by atoms with E-state index in [0.29, 0.717) is 18.0 Å². The summed E-state index contributed by atoms with van der Waals surface area (Å²) in [7, 11) is 1.29. The minimum atomic E-state index is -0.529. The van der Waals surface area contributed by atoms with Crippen LogP contribution < -0.4 is 5.32 Å². The SMILES string of the molecule is COC(=O)c1ccc(F)c2nc(NCCN3CCOCC3)[nH]c12. The standard InChI is InChI=1S/C15H19FN4O3/c1-22-14(21)10-2-3-11(16)13-12(10)18-15(19-13)17-4-5-20-6-8-23-9-7-20/h2-3H,4-9H2,1H3,(H2,17,18,19). The smallest absolute Gasteiger partial charge is 0.340 e. The van der Waals surface area contributed by atoms with Crippen molar-refractivity contribution in [2.24, 2.45) is 0 Å². The van der Waals surface area contributed by atoms with Crippen LogP contribution in [0, 0.1) is 5.82 Å². The molecule has 1 fully saturated rings. The maximum atomic E-state index is 13.9. The number of imidazole rings is 1. The molecule has 23 heavy (non-hydrogen) atoms. The van der Waals surface area contributed by atoms with Gasteiger partial charge in [-0.1, -0.05) is 0 Å². The first kappa shape index (κ1) is 15.7. The highest BCUT2D eigenvalue weighted by Gasteiger charge is 2.17. The molecule has 1 aliphatic heterocycles. The van der Waals surface area contributed by atoms with Crippen molar-refractivity contribution in [3.05, 3.63) is 23.5 Å². The van der Waals surface area contributed by atoms with Gasteiger partial charge in [0, 0.05) is 26.2 Å². The number of esters is 1. The number of fused-ring (bicyclic) bond motifs is 1. The summed E-state index contributed by atoms with van der Waals surface area (Å²) in [6.45, 7) is 4.81. The van der Waals surface area contributed by atoms with E-state index in [1.807, 2.05) is 0 Å². The van der Waals surface area contributed by atoms with Gasteiger partial charge in [0.15, 0.2) is 5.82 Å². The minimum absolute atomic E-state index is 0.127. The van der Waals surface area contributed by atoms with Crippen molar-refractivity contribution in [2.75, 3.05) is 51.8 Å². The summed E-state index contributed by atoms with van der Waals surface area (Å²) < 4.78 is 23.9. The van der Waals surface area contributed by atoms with Gasteiger partial charge in [0.05, 0.1) is 31.4 Å². The third-order valence-corrected chi connectivity index (χ3v) is 3.83. The zero-order valence-electron chi connectivity index (χ0n) is 12.9. The molecule has 0 saturated carbocycles. The van der Waals surface area contributed by atoms with Crippen LogP contribution in [0.25, 0.3) is 11.0 Å². The molecule has 1 aromatic carbocycles. The van der Waals surface area contributed by atoms with Gasteiger partial charge in [-0.2, -0.15) is 0 Å². The first-order chi connectivity index (χ1) is 11.2. The summed E-state index contributed by atoms with van der Waals surface area (Å²) in [4.78, 5) is 21.1. The van der Waals surface area contributed by atoms with Gasteiger partial charge in [0.25, 0.3) is 0 Å². The zero-order chi connectivity index (χ0) is 16.2. The van der Waals surface area contributed by atoms with Gasteiger partial charge < -0.3 is 19.8 Å². The van der Waals surface area contributed by atoms with Gasteiger partial charge in [-0.15, -0.1) is 0 Å². The Bertz CT molecular complexity index is 697. The Hall–Kier alpha value is -2.19. The summed E-state index contributed by atoms with van der Waals surface area (Å²) >= 11 is 0. The fourth-order valence-corrected chi connectivity index (χ4v) is 2.58. The fourth-order valence-electron chi connectivity index (χ4n) is 2.58. The molecule has 0 unspecified atom stereocenters. The van der Waals surface area contributed by atoms with E-state index < -0.39 is 11.8 Å². The van der Waals surface area contributed by atoms with Crippen molar-refractivity contribution < 1.29 is 18.7 Å². The van der Waals surface area contributed by atoms with E-state index in [1.54, 1.807) is 0 Å². The monoisotopic (exact) mass is 322 g/mol. The molecule has 7 nitrogen and oxygen atoms in total. The second-order valence-electron chi connectivity index (χ2n) is 5.28. The molecule has 1 saturated heterocycles. The minimum Gasteiger partial charge on any atom is -0.465 e. The molecule has 0 amide bonds. The molecule has 1 aromatic heterocycles. The van der Waals surface area contributed by atoms with Crippen LogP contribution in [0.15, 0.2) is 12.1 Å². The lowest BCUT2D eigenvalue weighted by atomic mass is 10.2. The number of ether oxygens (including phenoxy) is 2. The molecule has 0 radical (unpaired) electrons. The number of carbonyl (C=O) groups excluding carboxylic acids is 1. The fraction of sp³-hybridized carbons (Fsp3) is 0.467. The van der Waals surface area contributed by atoms with Gasteiger partial charge in [0.1, 0.15) is 5.52 Å². The Morgan fingerprint density at radius 1 is 1.48 bits per heavy atom. The number of rotatable bonds is 5. The second-order valence-corrected chi connectivity index (χ2v) is 5.28. The number of nitrogens with one attached hydrogen (secondary N) is 2. The van der Waals surface area contributed by atoms with Crippen LogP contribution in [-0.4, -0.2) is 67.3 Å². The first-order valence-corrected chi connectivity index (χ1v) is 7.49. The molecule has 8 heteroatoms. The second kappa shape index (κ2) is 6.93. The van der Waals surface area contributed by atoms with Crippen molar-refractivity contribution in [3.63, 3.8) is 0 Å². The average Bonchev–Trinajstić information content (AvgIpc) is 3.00. The van der Waals surface area contributed by atoms with E-state index in [4.69, 9.17) is 9.47 Å². The van der Waals surface area contributed by atoms with Crippen LogP contribution in [-0.2, 0) is 9.47 Å². The number of anilines is 1. The van der Waals surface area contributed by atoms with Crippen molar-refractivity contribution >= 4 is 23.0 Å². The molecule has 124 valence electrons. The molecular formula is C15H19FN4O3. The van der Waals surface area contributed by atoms with Crippen molar-refractivity contribution in [1.29, 1.82) is 0 Å². The van der Waals surface area contributed by atoms with Gasteiger partial charge in [-0.05, 0) is 12.1 Å².